The van der Waals surface area contributed by atoms with E-state index in [0.29, 0.717) is 6.04 Å². The maximum absolute atomic E-state index is 4.44. The summed E-state index contributed by atoms with van der Waals surface area (Å²) < 4.78 is 0. The third kappa shape index (κ3) is 3.51. The second-order valence-electron chi connectivity index (χ2n) is 4.41. The Morgan fingerprint density at radius 1 is 1.40 bits per heavy atom. The van der Waals surface area contributed by atoms with Crippen molar-refractivity contribution in [2.24, 2.45) is 0 Å². The molecule has 0 fully saturated rings. The number of aromatic nitrogens is 1. The van der Waals surface area contributed by atoms with Crippen LogP contribution in [0.15, 0.2) is 12.3 Å². The summed E-state index contributed by atoms with van der Waals surface area (Å²) in [5, 5.41) is 3.38. The van der Waals surface area contributed by atoms with Gasteiger partial charge in [0.2, 0.25) is 0 Å². The highest BCUT2D eigenvalue weighted by molar-refractivity contribution is 5.45. The number of aryl methyl sites for hydroxylation is 1. The second kappa shape index (κ2) is 5.12. The molecule has 1 rings (SSSR count). The minimum absolute atomic E-state index is 0.513. The van der Waals surface area contributed by atoms with Gasteiger partial charge < -0.3 is 10.2 Å². The predicted molar refractivity (Wildman–Crippen MR) is 65.3 cm³/mol. The van der Waals surface area contributed by atoms with Gasteiger partial charge >= 0.3 is 0 Å². The maximum atomic E-state index is 4.44. The number of pyridine rings is 1. The number of rotatable bonds is 4. The van der Waals surface area contributed by atoms with Crippen molar-refractivity contribution in [2.45, 2.75) is 33.4 Å². The van der Waals surface area contributed by atoms with E-state index in [-0.39, 0.29) is 0 Å². The number of hydrogen-bond donors (Lipinski definition) is 1. The minimum atomic E-state index is 0.513. The van der Waals surface area contributed by atoms with E-state index in [1.165, 1.54) is 11.1 Å². The third-order valence-corrected chi connectivity index (χ3v) is 2.25. The molecule has 1 aromatic heterocycles. The monoisotopic (exact) mass is 207 g/mol. The van der Waals surface area contributed by atoms with Gasteiger partial charge in [0.15, 0.2) is 0 Å². The average molecular weight is 207 g/mol. The standard InChI is InChI=1S/C12H21N3/c1-9(2)13-7-11-6-10(3)12(14-8-11)15(4)5/h6,8-9,13H,7H2,1-5H3. The molecule has 0 aromatic carbocycles. The smallest absolute Gasteiger partial charge is 0.130 e. The number of nitrogens with zero attached hydrogens (tertiary/aromatic N) is 2. The van der Waals surface area contributed by atoms with Crippen LogP contribution in [-0.2, 0) is 6.54 Å². The third-order valence-electron chi connectivity index (χ3n) is 2.25. The first-order valence-electron chi connectivity index (χ1n) is 5.37. The van der Waals surface area contributed by atoms with E-state index in [1.54, 1.807) is 0 Å². The zero-order valence-electron chi connectivity index (χ0n) is 10.3. The van der Waals surface area contributed by atoms with E-state index in [9.17, 15) is 0 Å². The minimum Gasteiger partial charge on any atom is -0.363 e. The molecule has 1 aromatic rings. The number of nitrogens with one attached hydrogen (secondary N) is 1. The molecular weight excluding hydrogens is 186 g/mol. The first kappa shape index (κ1) is 12.0. The van der Waals surface area contributed by atoms with Crippen LogP contribution in [0, 0.1) is 6.92 Å². The van der Waals surface area contributed by atoms with Gasteiger partial charge in [0.05, 0.1) is 0 Å². The van der Waals surface area contributed by atoms with Crippen molar-refractivity contribution < 1.29 is 0 Å². The van der Waals surface area contributed by atoms with Gasteiger partial charge in [0.1, 0.15) is 5.82 Å². The number of anilines is 1. The molecule has 3 heteroatoms. The van der Waals surface area contributed by atoms with E-state index >= 15 is 0 Å². The van der Waals surface area contributed by atoms with Crippen LogP contribution >= 0.6 is 0 Å². The molecule has 0 saturated carbocycles. The van der Waals surface area contributed by atoms with Gasteiger partial charge in [0, 0.05) is 32.9 Å². The van der Waals surface area contributed by atoms with Crippen LogP contribution in [0.3, 0.4) is 0 Å². The molecule has 0 radical (unpaired) electrons. The summed E-state index contributed by atoms with van der Waals surface area (Å²) in [5.74, 6) is 1.04. The van der Waals surface area contributed by atoms with Gasteiger partial charge in [-0.2, -0.15) is 0 Å². The van der Waals surface area contributed by atoms with Crippen molar-refractivity contribution in [1.29, 1.82) is 0 Å². The molecule has 0 spiro atoms. The van der Waals surface area contributed by atoms with Gasteiger partial charge in [-0.1, -0.05) is 13.8 Å². The Morgan fingerprint density at radius 2 is 2.07 bits per heavy atom. The lowest BCUT2D eigenvalue weighted by Crippen LogP contribution is -2.22. The average Bonchev–Trinajstić information content (AvgIpc) is 2.14. The summed E-state index contributed by atoms with van der Waals surface area (Å²) in [6.45, 7) is 7.28. The van der Waals surface area contributed by atoms with Crippen molar-refractivity contribution in [3.05, 3.63) is 23.4 Å². The summed E-state index contributed by atoms with van der Waals surface area (Å²) >= 11 is 0. The van der Waals surface area contributed by atoms with Crippen LogP contribution < -0.4 is 10.2 Å². The Labute approximate surface area is 92.5 Å². The molecule has 0 unspecified atom stereocenters. The summed E-state index contributed by atoms with van der Waals surface area (Å²) in [7, 11) is 4.03. The fraction of sp³-hybridized carbons (Fsp3) is 0.583. The quantitative estimate of drug-likeness (QED) is 0.818. The normalized spacial score (nSPS) is 10.8. The largest absolute Gasteiger partial charge is 0.363 e. The molecule has 1 N–H and O–H groups in total. The lowest BCUT2D eigenvalue weighted by molar-refractivity contribution is 0.587. The van der Waals surface area contributed by atoms with Crippen LogP contribution in [0.2, 0.25) is 0 Å². The Hall–Kier alpha value is -1.09. The Balaban J connectivity index is 2.73. The van der Waals surface area contributed by atoms with Gasteiger partial charge in [-0.05, 0) is 24.1 Å². The molecule has 84 valence electrons. The van der Waals surface area contributed by atoms with Crippen molar-refractivity contribution in [3.8, 4) is 0 Å². The zero-order chi connectivity index (χ0) is 11.4. The molecular formula is C12H21N3. The van der Waals surface area contributed by atoms with Crippen molar-refractivity contribution in [3.63, 3.8) is 0 Å². The predicted octanol–water partition coefficient (Wildman–Crippen LogP) is 1.95. The Morgan fingerprint density at radius 3 is 2.53 bits per heavy atom. The topological polar surface area (TPSA) is 28.2 Å². The molecule has 0 aliphatic rings. The van der Waals surface area contributed by atoms with Gasteiger partial charge in [-0.15, -0.1) is 0 Å². The fourth-order valence-electron chi connectivity index (χ4n) is 1.51. The van der Waals surface area contributed by atoms with Crippen molar-refractivity contribution in [2.75, 3.05) is 19.0 Å². The van der Waals surface area contributed by atoms with Gasteiger partial charge in [0.25, 0.3) is 0 Å². The molecule has 15 heavy (non-hydrogen) atoms. The summed E-state index contributed by atoms with van der Waals surface area (Å²) in [6.07, 6.45) is 1.94. The van der Waals surface area contributed by atoms with E-state index in [2.05, 4.69) is 37.1 Å². The van der Waals surface area contributed by atoms with E-state index < -0.39 is 0 Å². The second-order valence-corrected chi connectivity index (χ2v) is 4.41. The van der Waals surface area contributed by atoms with Gasteiger partial charge in [-0.3, -0.25) is 0 Å². The van der Waals surface area contributed by atoms with E-state index in [4.69, 9.17) is 0 Å². The van der Waals surface area contributed by atoms with Crippen LogP contribution in [0.1, 0.15) is 25.0 Å². The summed E-state index contributed by atoms with van der Waals surface area (Å²) in [5.41, 5.74) is 2.47. The summed E-state index contributed by atoms with van der Waals surface area (Å²) in [4.78, 5) is 6.48. The molecule has 0 amide bonds. The fourth-order valence-corrected chi connectivity index (χ4v) is 1.51. The highest BCUT2D eigenvalue weighted by atomic mass is 15.1. The van der Waals surface area contributed by atoms with Crippen LogP contribution in [0.5, 0.6) is 0 Å². The van der Waals surface area contributed by atoms with Crippen molar-refractivity contribution >= 4 is 5.82 Å². The molecule has 3 nitrogen and oxygen atoms in total. The Kier molecular flexibility index (Phi) is 4.09. The molecule has 0 aliphatic heterocycles. The van der Waals surface area contributed by atoms with Crippen LogP contribution in [0.4, 0.5) is 5.82 Å². The molecule has 0 bridgehead atoms. The van der Waals surface area contributed by atoms with E-state index in [1.807, 2.05) is 25.2 Å². The molecule has 0 aliphatic carbocycles. The molecule has 1 heterocycles. The lowest BCUT2D eigenvalue weighted by atomic mass is 10.2. The Bertz CT molecular complexity index is 319. The van der Waals surface area contributed by atoms with Gasteiger partial charge in [-0.25, -0.2) is 4.98 Å². The highest BCUT2D eigenvalue weighted by Crippen LogP contribution is 2.15. The first-order chi connectivity index (χ1) is 7.00. The molecule has 0 saturated heterocycles. The first-order valence-corrected chi connectivity index (χ1v) is 5.37. The maximum Gasteiger partial charge on any atom is 0.130 e. The van der Waals surface area contributed by atoms with Crippen LogP contribution in [0.25, 0.3) is 0 Å². The lowest BCUT2D eigenvalue weighted by Gasteiger charge is -2.15. The summed E-state index contributed by atoms with van der Waals surface area (Å²) in [6, 6.07) is 2.70. The highest BCUT2D eigenvalue weighted by Gasteiger charge is 2.03. The zero-order valence-corrected chi connectivity index (χ0v) is 10.3. The molecule has 0 atom stereocenters. The van der Waals surface area contributed by atoms with Crippen LogP contribution in [-0.4, -0.2) is 25.1 Å². The van der Waals surface area contributed by atoms with Crippen molar-refractivity contribution in [1.82, 2.24) is 10.3 Å². The van der Waals surface area contributed by atoms with E-state index in [0.717, 1.165) is 12.4 Å². The SMILES string of the molecule is Cc1cc(CNC(C)C)cnc1N(C)C. The number of hydrogen-bond acceptors (Lipinski definition) is 3.